The topological polar surface area (TPSA) is 91.7 Å². The largest absolute Gasteiger partial charge is 0.491 e. The zero-order chi connectivity index (χ0) is 26.8. The molecular formula is C28H34F2N6O. The SMILES string of the molecule is CCC/C=C/CC(C)/C(=C\C=C(/C)c1ccc(N)nc1)OCc1c(-c2ccc(C(F)F)cn2)nnn1C. The highest BCUT2D eigenvalue weighted by Gasteiger charge is 2.18. The number of allylic oxidation sites excluding steroid dienone is 6. The minimum absolute atomic E-state index is 0.120. The molecule has 0 aliphatic heterocycles. The molecule has 0 fully saturated rings. The Morgan fingerprint density at radius 3 is 2.57 bits per heavy atom. The molecule has 1 atom stereocenters. The third-order valence-corrected chi connectivity index (χ3v) is 5.94. The van der Waals surface area contributed by atoms with Crippen molar-refractivity contribution in [3.63, 3.8) is 0 Å². The van der Waals surface area contributed by atoms with E-state index in [0.29, 0.717) is 22.9 Å². The highest BCUT2D eigenvalue weighted by molar-refractivity contribution is 5.65. The summed E-state index contributed by atoms with van der Waals surface area (Å²) in [6, 6.07) is 6.58. The van der Waals surface area contributed by atoms with E-state index in [0.717, 1.165) is 42.4 Å². The molecule has 0 bridgehead atoms. The number of anilines is 1. The molecule has 0 saturated carbocycles. The molecule has 7 nitrogen and oxygen atoms in total. The van der Waals surface area contributed by atoms with Crippen molar-refractivity contribution in [3.05, 3.63) is 83.5 Å². The van der Waals surface area contributed by atoms with Crippen LogP contribution in [0.15, 0.2) is 66.7 Å². The minimum atomic E-state index is -2.58. The van der Waals surface area contributed by atoms with E-state index < -0.39 is 6.43 Å². The Balaban J connectivity index is 1.84. The van der Waals surface area contributed by atoms with Gasteiger partial charge in [-0.05, 0) is 61.2 Å². The van der Waals surface area contributed by atoms with Crippen LogP contribution in [0, 0.1) is 5.92 Å². The number of unbranched alkanes of at least 4 members (excludes halogenated alkanes) is 1. The van der Waals surface area contributed by atoms with Crippen LogP contribution in [-0.4, -0.2) is 25.0 Å². The van der Waals surface area contributed by atoms with Crippen molar-refractivity contribution < 1.29 is 13.5 Å². The van der Waals surface area contributed by atoms with Gasteiger partial charge in [-0.15, -0.1) is 5.10 Å². The molecule has 9 heteroatoms. The highest BCUT2D eigenvalue weighted by Crippen LogP contribution is 2.26. The number of halogens is 2. The van der Waals surface area contributed by atoms with Crippen molar-refractivity contribution in [1.82, 2.24) is 25.0 Å². The van der Waals surface area contributed by atoms with Crippen LogP contribution in [0.4, 0.5) is 14.6 Å². The monoisotopic (exact) mass is 508 g/mol. The second kappa shape index (κ2) is 13.4. The van der Waals surface area contributed by atoms with E-state index in [4.69, 9.17) is 10.5 Å². The van der Waals surface area contributed by atoms with Crippen molar-refractivity contribution >= 4 is 11.4 Å². The number of aromatic nitrogens is 5. The van der Waals surface area contributed by atoms with Crippen LogP contribution >= 0.6 is 0 Å². The molecule has 0 spiro atoms. The number of aryl methyl sites for hydroxylation is 1. The lowest BCUT2D eigenvalue weighted by atomic mass is 10.0. The average molecular weight is 509 g/mol. The number of alkyl halides is 2. The van der Waals surface area contributed by atoms with Gasteiger partial charge in [0.05, 0.1) is 11.5 Å². The summed E-state index contributed by atoms with van der Waals surface area (Å²) in [5.74, 6) is 1.40. The number of hydrogen-bond acceptors (Lipinski definition) is 6. The van der Waals surface area contributed by atoms with Gasteiger partial charge in [0.1, 0.15) is 23.8 Å². The first kappa shape index (κ1) is 27.7. The molecule has 196 valence electrons. The molecule has 3 aromatic rings. The van der Waals surface area contributed by atoms with Crippen LogP contribution in [0.25, 0.3) is 17.0 Å². The number of nitrogens with zero attached hydrogens (tertiary/aromatic N) is 5. The number of ether oxygens (including phenoxy) is 1. The number of hydrogen-bond donors (Lipinski definition) is 1. The molecule has 3 aromatic heterocycles. The average Bonchev–Trinajstić information content (AvgIpc) is 3.26. The Morgan fingerprint density at radius 1 is 1.11 bits per heavy atom. The summed E-state index contributed by atoms with van der Waals surface area (Å²) in [6.07, 6.45) is 11.6. The summed E-state index contributed by atoms with van der Waals surface area (Å²) in [5.41, 5.74) is 9.22. The minimum Gasteiger partial charge on any atom is -0.491 e. The van der Waals surface area contributed by atoms with Gasteiger partial charge in [0.15, 0.2) is 0 Å². The first-order valence-electron chi connectivity index (χ1n) is 12.3. The predicted octanol–water partition coefficient (Wildman–Crippen LogP) is 6.68. The van der Waals surface area contributed by atoms with Crippen LogP contribution in [0.1, 0.15) is 63.3 Å². The van der Waals surface area contributed by atoms with Gasteiger partial charge in [0.2, 0.25) is 0 Å². The van der Waals surface area contributed by atoms with Gasteiger partial charge in [-0.2, -0.15) is 0 Å². The third kappa shape index (κ3) is 7.80. The predicted molar refractivity (Wildman–Crippen MR) is 142 cm³/mol. The number of rotatable bonds is 12. The normalized spacial score (nSPS) is 13.5. The standard InChI is InChI=1S/C28H34F2N6O/c1-5-6-7-8-9-20(3)25(14-10-19(2)21-12-15-26(31)33-16-21)37-18-24-27(34-35-36(24)4)23-13-11-22(17-32-23)28(29)30/h7-8,10-17,20,28H,5-6,9,18H2,1-4H3,(H2,31,33)/b8-7+,19-10+,25-14+. The zero-order valence-corrected chi connectivity index (χ0v) is 21.7. The molecule has 1 unspecified atom stereocenters. The third-order valence-electron chi connectivity index (χ3n) is 5.94. The second-order valence-electron chi connectivity index (χ2n) is 8.86. The van der Waals surface area contributed by atoms with Gasteiger partial charge < -0.3 is 10.5 Å². The maximum absolute atomic E-state index is 12.9. The summed E-state index contributed by atoms with van der Waals surface area (Å²) >= 11 is 0. The molecule has 0 aliphatic carbocycles. The second-order valence-corrected chi connectivity index (χ2v) is 8.86. The zero-order valence-electron chi connectivity index (χ0n) is 21.7. The molecule has 0 amide bonds. The van der Waals surface area contributed by atoms with Gasteiger partial charge in [-0.25, -0.2) is 18.4 Å². The molecule has 0 radical (unpaired) electrons. The first-order chi connectivity index (χ1) is 17.8. The van der Waals surface area contributed by atoms with Gasteiger partial charge >= 0.3 is 0 Å². The van der Waals surface area contributed by atoms with E-state index >= 15 is 0 Å². The van der Waals surface area contributed by atoms with E-state index in [-0.39, 0.29) is 18.1 Å². The number of nitrogens with two attached hydrogens (primary N) is 1. The molecule has 37 heavy (non-hydrogen) atoms. The fraction of sp³-hybridized carbons (Fsp3) is 0.357. The van der Waals surface area contributed by atoms with Crippen LogP contribution < -0.4 is 5.73 Å². The van der Waals surface area contributed by atoms with Gasteiger partial charge in [0, 0.05) is 30.9 Å². The Morgan fingerprint density at radius 2 is 1.92 bits per heavy atom. The van der Waals surface area contributed by atoms with E-state index in [9.17, 15) is 8.78 Å². The summed E-state index contributed by atoms with van der Waals surface area (Å²) in [6.45, 7) is 6.47. The molecule has 3 heterocycles. The summed E-state index contributed by atoms with van der Waals surface area (Å²) < 4.78 is 33.8. The summed E-state index contributed by atoms with van der Waals surface area (Å²) in [4.78, 5) is 8.33. The van der Waals surface area contributed by atoms with Crippen molar-refractivity contribution in [2.75, 3.05) is 5.73 Å². The van der Waals surface area contributed by atoms with Crippen LogP contribution in [0.5, 0.6) is 0 Å². The van der Waals surface area contributed by atoms with Crippen molar-refractivity contribution in [1.29, 1.82) is 0 Å². The molecule has 2 N–H and O–H groups in total. The molecule has 0 aliphatic rings. The fourth-order valence-corrected chi connectivity index (χ4v) is 3.56. The van der Waals surface area contributed by atoms with E-state index in [1.165, 1.54) is 12.1 Å². The Bertz CT molecular complexity index is 1230. The van der Waals surface area contributed by atoms with Crippen LogP contribution in [0.2, 0.25) is 0 Å². The summed E-state index contributed by atoms with van der Waals surface area (Å²) in [7, 11) is 1.77. The Kier molecular flexibility index (Phi) is 10.1. The van der Waals surface area contributed by atoms with Gasteiger partial charge in [-0.3, -0.25) is 4.98 Å². The summed E-state index contributed by atoms with van der Waals surface area (Å²) in [5, 5.41) is 8.30. The lowest BCUT2D eigenvalue weighted by Crippen LogP contribution is -2.07. The number of nitrogen functional groups attached to an aromatic ring is 1. The van der Waals surface area contributed by atoms with Crippen molar-refractivity contribution in [2.24, 2.45) is 13.0 Å². The van der Waals surface area contributed by atoms with Gasteiger partial charge in [-0.1, -0.05) is 43.7 Å². The Labute approximate surface area is 216 Å². The maximum Gasteiger partial charge on any atom is 0.265 e. The first-order valence-corrected chi connectivity index (χ1v) is 12.3. The quantitative estimate of drug-likeness (QED) is 0.167. The smallest absolute Gasteiger partial charge is 0.265 e. The van der Waals surface area contributed by atoms with Gasteiger partial charge in [0.25, 0.3) is 6.43 Å². The van der Waals surface area contributed by atoms with Crippen molar-refractivity contribution in [2.45, 2.75) is 53.1 Å². The van der Waals surface area contributed by atoms with E-state index in [1.54, 1.807) is 24.0 Å². The van der Waals surface area contributed by atoms with Crippen molar-refractivity contribution in [3.8, 4) is 11.4 Å². The maximum atomic E-state index is 12.9. The molecule has 0 aromatic carbocycles. The fourth-order valence-electron chi connectivity index (χ4n) is 3.56. The Hall–Kier alpha value is -3.88. The molecule has 0 saturated heterocycles. The van der Waals surface area contributed by atoms with Crippen LogP contribution in [-0.2, 0) is 18.4 Å². The van der Waals surface area contributed by atoms with E-state index in [1.807, 2.05) is 25.1 Å². The molecular weight excluding hydrogens is 474 g/mol. The number of pyridine rings is 2. The van der Waals surface area contributed by atoms with Crippen LogP contribution in [0.3, 0.4) is 0 Å². The van der Waals surface area contributed by atoms with E-state index in [2.05, 4.69) is 46.3 Å². The lowest BCUT2D eigenvalue weighted by molar-refractivity contribution is 0.151. The lowest BCUT2D eigenvalue weighted by Gasteiger charge is -2.16. The highest BCUT2D eigenvalue weighted by atomic mass is 19.3. The molecule has 3 rings (SSSR count).